The Labute approximate surface area is 57.4 Å². The van der Waals surface area contributed by atoms with Crippen molar-refractivity contribution < 1.29 is 4.92 Å². The topological polar surface area (TPSA) is 84.4 Å². The Morgan fingerprint density at radius 2 is 2.60 bits per heavy atom. The Morgan fingerprint density at radius 1 is 2.00 bits per heavy atom. The van der Waals surface area contributed by atoms with Crippen LogP contribution < -0.4 is 11.1 Å². The standard InChI is InChI=1S/C4H8N4O2/c1-7-2-3(8(9)10)6-4(7)5/h2,4,6H,5H2,1H3. The molecule has 0 aliphatic carbocycles. The molecule has 6 nitrogen and oxygen atoms in total. The first-order valence-corrected chi connectivity index (χ1v) is 2.71. The van der Waals surface area contributed by atoms with Crippen LogP contribution in [-0.2, 0) is 0 Å². The SMILES string of the molecule is CN1C=C([N+](=O)[O-])NC1N. The first-order valence-electron chi connectivity index (χ1n) is 2.71. The van der Waals surface area contributed by atoms with Crippen LogP contribution in [0.4, 0.5) is 0 Å². The van der Waals surface area contributed by atoms with Crippen molar-refractivity contribution in [3.8, 4) is 0 Å². The van der Waals surface area contributed by atoms with Gasteiger partial charge in [-0.3, -0.25) is 5.73 Å². The lowest BCUT2D eigenvalue weighted by Gasteiger charge is -2.09. The Bertz CT molecular complexity index is 190. The normalized spacial score (nSPS) is 24.0. The summed E-state index contributed by atoms with van der Waals surface area (Å²) in [5, 5.41) is 12.6. The predicted octanol–water partition coefficient (Wildman–Crippen LogP) is -1.16. The lowest BCUT2D eigenvalue weighted by atomic mass is 10.8. The molecule has 0 amide bonds. The smallest absolute Gasteiger partial charge is 0.335 e. The Kier molecular flexibility index (Phi) is 1.46. The van der Waals surface area contributed by atoms with Crippen molar-refractivity contribution in [2.75, 3.05) is 7.05 Å². The molecule has 0 radical (unpaired) electrons. The van der Waals surface area contributed by atoms with Crippen LogP contribution >= 0.6 is 0 Å². The van der Waals surface area contributed by atoms with Gasteiger partial charge in [0.1, 0.15) is 0 Å². The van der Waals surface area contributed by atoms with Gasteiger partial charge in [0.25, 0.3) is 0 Å². The quantitative estimate of drug-likeness (QED) is 0.358. The third kappa shape index (κ3) is 1.01. The highest BCUT2D eigenvalue weighted by Gasteiger charge is 2.24. The fraction of sp³-hybridized carbons (Fsp3) is 0.500. The van der Waals surface area contributed by atoms with E-state index in [0.29, 0.717) is 0 Å². The van der Waals surface area contributed by atoms with Gasteiger partial charge in [-0.25, -0.2) is 5.32 Å². The van der Waals surface area contributed by atoms with Crippen LogP contribution in [-0.4, -0.2) is 23.2 Å². The second-order valence-corrected chi connectivity index (χ2v) is 2.03. The number of hydrogen-bond acceptors (Lipinski definition) is 5. The fourth-order valence-corrected chi connectivity index (χ4v) is 0.664. The van der Waals surface area contributed by atoms with Crippen LogP contribution in [0.5, 0.6) is 0 Å². The minimum Gasteiger partial charge on any atom is -0.358 e. The summed E-state index contributed by atoms with van der Waals surface area (Å²) < 4.78 is 0. The molecular formula is C4H8N4O2. The number of nitro groups is 1. The van der Waals surface area contributed by atoms with Gasteiger partial charge in [0.15, 0.2) is 0 Å². The van der Waals surface area contributed by atoms with E-state index in [1.807, 2.05) is 0 Å². The van der Waals surface area contributed by atoms with Crippen molar-refractivity contribution >= 4 is 0 Å². The zero-order valence-corrected chi connectivity index (χ0v) is 5.44. The Hall–Kier alpha value is -1.30. The highest BCUT2D eigenvalue weighted by atomic mass is 16.6. The minimum absolute atomic E-state index is 0.0602. The first-order chi connectivity index (χ1) is 4.61. The molecule has 1 aliphatic heterocycles. The number of nitrogens with two attached hydrogens (primary N) is 1. The van der Waals surface area contributed by atoms with Gasteiger partial charge in [-0.05, 0) is 4.92 Å². The largest absolute Gasteiger partial charge is 0.358 e. The predicted molar refractivity (Wildman–Crippen MR) is 34.0 cm³/mol. The van der Waals surface area contributed by atoms with Gasteiger partial charge in [-0.1, -0.05) is 0 Å². The fourth-order valence-electron chi connectivity index (χ4n) is 0.664. The van der Waals surface area contributed by atoms with Crippen molar-refractivity contribution in [2.45, 2.75) is 6.29 Å². The lowest BCUT2D eigenvalue weighted by molar-refractivity contribution is -0.431. The Balaban J connectivity index is 2.67. The molecule has 0 saturated heterocycles. The van der Waals surface area contributed by atoms with Crippen LogP contribution in [0.25, 0.3) is 0 Å². The molecule has 1 rings (SSSR count). The highest BCUT2D eigenvalue weighted by Crippen LogP contribution is 2.03. The van der Waals surface area contributed by atoms with Crippen LogP contribution in [0.3, 0.4) is 0 Å². The molecule has 0 bridgehead atoms. The maximum atomic E-state index is 10.1. The van der Waals surface area contributed by atoms with E-state index in [9.17, 15) is 10.1 Å². The molecule has 0 saturated carbocycles. The summed E-state index contributed by atoms with van der Waals surface area (Å²) in [5.41, 5.74) is 5.36. The molecule has 1 unspecified atom stereocenters. The summed E-state index contributed by atoms with van der Waals surface area (Å²) in [7, 11) is 1.66. The zero-order valence-electron chi connectivity index (χ0n) is 5.44. The maximum Gasteiger partial charge on any atom is 0.335 e. The van der Waals surface area contributed by atoms with Gasteiger partial charge in [0, 0.05) is 7.05 Å². The van der Waals surface area contributed by atoms with Crippen molar-refractivity contribution in [3.05, 3.63) is 22.1 Å². The summed E-state index contributed by atoms with van der Waals surface area (Å²) in [5.74, 6) is -0.0602. The van der Waals surface area contributed by atoms with Gasteiger partial charge >= 0.3 is 5.82 Å². The molecule has 6 heteroatoms. The highest BCUT2D eigenvalue weighted by molar-refractivity contribution is 4.97. The van der Waals surface area contributed by atoms with Gasteiger partial charge in [-0.2, -0.15) is 0 Å². The Morgan fingerprint density at radius 3 is 2.80 bits per heavy atom. The van der Waals surface area contributed by atoms with Crippen molar-refractivity contribution in [2.24, 2.45) is 5.73 Å². The van der Waals surface area contributed by atoms with E-state index >= 15 is 0 Å². The molecule has 10 heavy (non-hydrogen) atoms. The third-order valence-electron chi connectivity index (χ3n) is 1.26. The summed E-state index contributed by atoms with van der Waals surface area (Å²) >= 11 is 0. The number of nitrogens with one attached hydrogen (secondary N) is 1. The maximum absolute atomic E-state index is 10.1. The van der Waals surface area contributed by atoms with E-state index in [4.69, 9.17) is 5.73 Å². The van der Waals surface area contributed by atoms with E-state index in [1.54, 1.807) is 7.05 Å². The van der Waals surface area contributed by atoms with Crippen molar-refractivity contribution in [1.82, 2.24) is 10.2 Å². The average molecular weight is 144 g/mol. The number of nitrogens with zero attached hydrogens (tertiary/aromatic N) is 2. The summed E-state index contributed by atoms with van der Waals surface area (Å²) in [4.78, 5) is 11.1. The van der Waals surface area contributed by atoms with E-state index in [-0.39, 0.29) is 5.82 Å². The summed E-state index contributed by atoms with van der Waals surface area (Å²) in [6.45, 7) is 0. The molecule has 56 valence electrons. The van der Waals surface area contributed by atoms with Gasteiger partial charge in [0.2, 0.25) is 6.29 Å². The van der Waals surface area contributed by atoms with E-state index in [0.717, 1.165) is 0 Å². The van der Waals surface area contributed by atoms with E-state index in [1.165, 1.54) is 11.1 Å². The number of rotatable bonds is 1. The molecule has 0 aromatic carbocycles. The average Bonchev–Trinajstić information content (AvgIpc) is 2.13. The summed E-state index contributed by atoms with van der Waals surface area (Å²) in [6.07, 6.45) is 0.880. The molecular weight excluding hydrogens is 136 g/mol. The number of hydrogen-bond donors (Lipinski definition) is 2. The third-order valence-corrected chi connectivity index (χ3v) is 1.26. The van der Waals surface area contributed by atoms with Crippen molar-refractivity contribution in [1.29, 1.82) is 0 Å². The zero-order chi connectivity index (χ0) is 7.72. The van der Waals surface area contributed by atoms with Crippen LogP contribution in [0.1, 0.15) is 0 Å². The molecule has 0 aromatic rings. The molecule has 3 N–H and O–H groups in total. The van der Waals surface area contributed by atoms with Crippen LogP contribution in [0, 0.1) is 10.1 Å². The molecule has 0 spiro atoms. The second-order valence-electron chi connectivity index (χ2n) is 2.03. The molecule has 1 atom stereocenters. The summed E-state index contributed by atoms with van der Waals surface area (Å²) in [6, 6.07) is 0. The lowest BCUT2D eigenvalue weighted by Crippen LogP contribution is -2.42. The molecule has 1 heterocycles. The molecule has 0 aromatic heterocycles. The van der Waals surface area contributed by atoms with Gasteiger partial charge in [0.05, 0.1) is 6.20 Å². The van der Waals surface area contributed by atoms with Gasteiger partial charge < -0.3 is 15.0 Å². The van der Waals surface area contributed by atoms with E-state index < -0.39 is 11.2 Å². The molecule has 1 aliphatic rings. The second kappa shape index (κ2) is 2.14. The monoisotopic (exact) mass is 144 g/mol. The minimum atomic E-state index is -0.511. The van der Waals surface area contributed by atoms with Crippen molar-refractivity contribution in [3.63, 3.8) is 0 Å². The van der Waals surface area contributed by atoms with Crippen LogP contribution in [0.15, 0.2) is 12.0 Å². The van der Waals surface area contributed by atoms with Gasteiger partial charge in [-0.15, -0.1) is 0 Å². The first kappa shape index (κ1) is 6.81. The van der Waals surface area contributed by atoms with E-state index in [2.05, 4.69) is 5.32 Å². The molecule has 0 fully saturated rings. The van der Waals surface area contributed by atoms with Crippen LogP contribution in [0.2, 0.25) is 0 Å².